The minimum Gasteiger partial charge on any atom is -0.459 e. The molecule has 1 aliphatic rings. The Labute approximate surface area is 278 Å². The monoisotopic (exact) mass is 652 g/mol. The Morgan fingerprint density at radius 3 is 1.19 bits per heavy atom. The van der Waals surface area contributed by atoms with Crippen LogP contribution in [0.25, 0.3) is 0 Å². The SMILES string of the molecule is Cc1ccc(C(=O)OC[C@H]2O[C@H](O)[C@@H](OC(=O)c3ccc(C)cc3)[C@@H](OC(=O)c3ccc(C)cc3)[C@@H]2OC(=O)c2ccc(C)cc2)cc1. The highest BCUT2D eigenvalue weighted by Crippen LogP contribution is 2.30. The molecule has 10 heteroatoms. The summed E-state index contributed by atoms with van der Waals surface area (Å²) in [6.07, 6.45) is -7.94. The zero-order chi connectivity index (χ0) is 34.4. The maximum atomic E-state index is 13.5. The van der Waals surface area contributed by atoms with Gasteiger partial charge in [-0.05, 0) is 76.2 Å². The van der Waals surface area contributed by atoms with E-state index in [1.807, 2.05) is 27.7 Å². The van der Waals surface area contributed by atoms with Crippen molar-refractivity contribution in [2.45, 2.75) is 58.4 Å². The van der Waals surface area contributed by atoms with Crippen LogP contribution in [0.15, 0.2) is 97.1 Å². The number of carbonyl (C=O) groups is 4. The summed E-state index contributed by atoms with van der Waals surface area (Å²) in [4.78, 5) is 53.1. The molecule has 0 radical (unpaired) electrons. The molecule has 0 bridgehead atoms. The first-order valence-corrected chi connectivity index (χ1v) is 15.4. The highest BCUT2D eigenvalue weighted by molar-refractivity contribution is 5.91. The lowest BCUT2D eigenvalue weighted by molar-refractivity contribution is -0.284. The second kappa shape index (κ2) is 15.1. The van der Waals surface area contributed by atoms with E-state index in [1.54, 1.807) is 97.1 Å². The minimum absolute atomic E-state index is 0.163. The van der Waals surface area contributed by atoms with Crippen molar-refractivity contribution in [2.24, 2.45) is 0 Å². The summed E-state index contributed by atoms with van der Waals surface area (Å²) in [5.74, 6) is -3.18. The number of benzene rings is 4. The average molecular weight is 653 g/mol. The summed E-state index contributed by atoms with van der Waals surface area (Å²) in [5, 5.41) is 11.2. The van der Waals surface area contributed by atoms with Crippen LogP contribution in [-0.2, 0) is 23.7 Å². The van der Waals surface area contributed by atoms with E-state index in [-0.39, 0.29) is 22.3 Å². The van der Waals surface area contributed by atoms with Gasteiger partial charge in [0.2, 0.25) is 0 Å². The number of hydrogen-bond acceptors (Lipinski definition) is 10. The predicted molar refractivity (Wildman–Crippen MR) is 173 cm³/mol. The maximum absolute atomic E-state index is 13.5. The van der Waals surface area contributed by atoms with Crippen molar-refractivity contribution in [3.63, 3.8) is 0 Å². The summed E-state index contributed by atoms with van der Waals surface area (Å²) in [5.41, 5.74) is 4.43. The lowest BCUT2D eigenvalue weighted by atomic mass is 9.97. The Morgan fingerprint density at radius 2 is 0.812 bits per heavy atom. The largest absolute Gasteiger partial charge is 0.459 e. The molecule has 4 aromatic carbocycles. The number of aryl methyl sites for hydroxylation is 4. The van der Waals surface area contributed by atoms with Gasteiger partial charge in [0.1, 0.15) is 12.7 Å². The molecule has 10 nitrogen and oxygen atoms in total. The highest BCUT2D eigenvalue weighted by Gasteiger charge is 2.52. The van der Waals surface area contributed by atoms with Gasteiger partial charge in [0.25, 0.3) is 0 Å². The van der Waals surface area contributed by atoms with Crippen LogP contribution >= 0.6 is 0 Å². The number of aliphatic hydroxyl groups is 1. The molecule has 5 atom stereocenters. The highest BCUT2D eigenvalue weighted by atomic mass is 16.7. The number of hydrogen-bond donors (Lipinski definition) is 1. The average Bonchev–Trinajstić information content (AvgIpc) is 3.07. The summed E-state index contributed by atoms with van der Waals surface area (Å²) in [6.45, 7) is 6.94. The maximum Gasteiger partial charge on any atom is 0.338 e. The molecular formula is C38H36O10. The van der Waals surface area contributed by atoms with Crippen molar-refractivity contribution in [1.82, 2.24) is 0 Å². The van der Waals surface area contributed by atoms with Gasteiger partial charge >= 0.3 is 23.9 Å². The van der Waals surface area contributed by atoms with Crippen LogP contribution in [0.1, 0.15) is 63.7 Å². The van der Waals surface area contributed by atoms with Crippen molar-refractivity contribution in [2.75, 3.05) is 6.61 Å². The molecule has 0 aliphatic carbocycles. The van der Waals surface area contributed by atoms with Crippen LogP contribution in [0.2, 0.25) is 0 Å². The van der Waals surface area contributed by atoms with Crippen LogP contribution in [0, 0.1) is 27.7 Å². The molecule has 1 aliphatic heterocycles. The molecule has 0 saturated carbocycles. The van der Waals surface area contributed by atoms with E-state index in [9.17, 15) is 24.3 Å². The molecule has 0 amide bonds. The van der Waals surface area contributed by atoms with Crippen molar-refractivity contribution < 1.29 is 48.0 Å². The Hall–Kier alpha value is -5.32. The topological polar surface area (TPSA) is 135 Å². The summed E-state index contributed by atoms with van der Waals surface area (Å²) in [6, 6.07) is 26.3. The molecule has 1 fully saturated rings. The minimum atomic E-state index is -1.87. The van der Waals surface area contributed by atoms with Gasteiger partial charge < -0.3 is 28.8 Å². The predicted octanol–water partition coefficient (Wildman–Crippen LogP) is 5.47. The molecule has 248 valence electrons. The Morgan fingerprint density at radius 1 is 0.500 bits per heavy atom. The van der Waals surface area contributed by atoms with Gasteiger partial charge in [-0.15, -0.1) is 0 Å². The number of aliphatic hydroxyl groups excluding tert-OH is 1. The van der Waals surface area contributed by atoms with Crippen LogP contribution < -0.4 is 0 Å². The lowest BCUT2D eigenvalue weighted by Gasteiger charge is -2.42. The number of rotatable bonds is 9. The Kier molecular flexibility index (Phi) is 10.7. The van der Waals surface area contributed by atoms with Gasteiger partial charge in [-0.3, -0.25) is 0 Å². The molecule has 0 spiro atoms. The Balaban J connectivity index is 1.49. The fraction of sp³-hybridized carbons (Fsp3) is 0.263. The molecule has 1 heterocycles. The molecule has 1 saturated heterocycles. The molecular weight excluding hydrogens is 616 g/mol. The number of carbonyl (C=O) groups excluding carboxylic acids is 4. The van der Waals surface area contributed by atoms with Crippen LogP contribution in [0.3, 0.4) is 0 Å². The molecule has 48 heavy (non-hydrogen) atoms. The number of esters is 4. The van der Waals surface area contributed by atoms with E-state index in [4.69, 9.17) is 23.7 Å². The van der Waals surface area contributed by atoms with E-state index in [1.165, 1.54) is 0 Å². The summed E-state index contributed by atoms with van der Waals surface area (Å²) < 4.78 is 28.8. The van der Waals surface area contributed by atoms with E-state index >= 15 is 0 Å². The third kappa shape index (κ3) is 8.33. The van der Waals surface area contributed by atoms with E-state index < -0.39 is 61.2 Å². The fourth-order valence-electron chi connectivity index (χ4n) is 5.01. The first-order valence-electron chi connectivity index (χ1n) is 15.4. The van der Waals surface area contributed by atoms with Gasteiger partial charge in [-0.25, -0.2) is 19.2 Å². The second-order valence-electron chi connectivity index (χ2n) is 11.7. The molecule has 0 aromatic heterocycles. The van der Waals surface area contributed by atoms with Crippen molar-refractivity contribution in [1.29, 1.82) is 0 Å². The van der Waals surface area contributed by atoms with Gasteiger partial charge in [0.15, 0.2) is 24.6 Å². The van der Waals surface area contributed by atoms with E-state index in [2.05, 4.69) is 0 Å². The van der Waals surface area contributed by atoms with Crippen molar-refractivity contribution in [3.8, 4) is 0 Å². The van der Waals surface area contributed by atoms with E-state index in [0.29, 0.717) is 0 Å². The van der Waals surface area contributed by atoms with Crippen LogP contribution in [0.5, 0.6) is 0 Å². The summed E-state index contributed by atoms with van der Waals surface area (Å²) >= 11 is 0. The quantitative estimate of drug-likeness (QED) is 0.183. The van der Waals surface area contributed by atoms with Crippen LogP contribution in [-0.4, -0.2) is 66.3 Å². The van der Waals surface area contributed by atoms with Gasteiger partial charge in [0, 0.05) is 0 Å². The fourth-order valence-corrected chi connectivity index (χ4v) is 5.01. The smallest absolute Gasteiger partial charge is 0.338 e. The van der Waals surface area contributed by atoms with Crippen molar-refractivity contribution >= 4 is 23.9 Å². The zero-order valence-electron chi connectivity index (χ0n) is 27.0. The van der Waals surface area contributed by atoms with Gasteiger partial charge in [-0.2, -0.15) is 0 Å². The lowest BCUT2D eigenvalue weighted by Crippen LogP contribution is -2.62. The van der Waals surface area contributed by atoms with Crippen molar-refractivity contribution in [3.05, 3.63) is 142 Å². The Bertz CT molecular complexity index is 1750. The summed E-state index contributed by atoms with van der Waals surface area (Å²) in [7, 11) is 0. The first kappa shape index (κ1) is 34.0. The van der Waals surface area contributed by atoms with Crippen LogP contribution in [0.4, 0.5) is 0 Å². The zero-order valence-corrected chi connectivity index (χ0v) is 27.0. The third-order valence-corrected chi connectivity index (χ3v) is 7.87. The standard InChI is InChI=1S/C38H36O10/c1-22-5-13-26(14-6-22)34(39)44-21-30-31(46-35(40)27-15-7-23(2)8-16-27)32(47-36(41)28-17-9-24(3)10-18-28)33(38(43)45-30)48-37(42)29-19-11-25(4)12-20-29/h5-20,30-33,38,43H,21H2,1-4H3/t30-,31-,32+,33+,38+/m1/s1. The molecule has 1 N–H and O–H groups in total. The van der Waals surface area contributed by atoms with E-state index in [0.717, 1.165) is 22.3 Å². The van der Waals surface area contributed by atoms with Gasteiger partial charge in [-0.1, -0.05) is 70.8 Å². The molecule has 0 unspecified atom stereocenters. The van der Waals surface area contributed by atoms with Gasteiger partial charge in [0.05, 0.1) is 22.3 Å². The molecule has 5 rings (SSSR count). The molecule has 4 aromatic rings. The third-order valence-electron chi connectivity index (χ3n) is 7.87. The number of ether oxygens (including phenoxy) is 5. The first-order chi connectivity index (χ1) is 23.0. The second-order valence-corrected chi connectivity index (χ2v) is 11.7. The normalized spacial score (nSPS) is 20.3.